The normalized spacial score (nSPS) is 19.9. The summed E-state index contributed by atoms with van der Waals surface area (Å²) in [5.41, 5.74) is 0.247. The van der Waals surface area contributed by atoms with Gasteiger partial charge in [0.2, 0.25) is 11.8 Å². The Morgan fingerprint density at radius 3 is 2.94 bits per heavy atom. The smallest absolute Gasteiger partial charge is 0.272 e. The quantitative estimate of drug-likeness (QED) is 0.641. The molecule has 0 aromatic carbocycles. The van der Waals surface area contributed by atoms with Crippen molar-refractivity contribution in [3.63, 3.8) is 0 Å². The average Bonchev–Trinajstić information content (AvgIpc) is 2.69. The molecular formula is C10H12N4O3. The highest BCUT2D eigenvalue weighted by atomic mass is 16.2. The monoisotopic (exact) mass is 236 g/mol. The molecule has 1 aromatic rings. The molecule has 2 heterocycles. The first-order chi connectivity index (χ1) is 8.06. The van der Waals surface area contributed by atoms with E-state index in [1.165, 1.54) is 6.33 Å². The van der Waals surface area contributed by atoms with Crippen LogP contribution in [0.2, 0.25) is 0 Å². The molecule has 0 saturated carbocycles. The number of carbonyl (C=O) groups is 3. The fourth-order valence-electron chi connectivity index (χ4n) is 1.59. The van der Waals surface area contributed by atoms with E-state index in [1.54, 1.807) is 17.8 Å². The molecule has 90 valence electrons. The van der Waals surface area contributed by atoms with Crippen LogP contribution in [0.15, 0.2) is 12.5 Å². The summed E-state index contributed by atoms with van der Waals surface area (Å²) in [4.78, 5) is 37.9. The van der Waals surface area contributed by atoms with Crippen LogP contribution in [0.5, 0.6) is 0 Å². The zero-order valence-corrected chi connectivity index (χ0v) is 9.27. The molecule has 0 aliphatic carbocycles. The summed E-state index contributed by atoms with van der Waals surface area (Å²) in [5, 5.41) is 4.71. The van der Waals surface area contributed by atoms with Crippen molar-refractivity contribution in [2.24, 2.45) is 7.05 Å². The first-order valence-electron chi connectivity index (χ1n) is 5.19. The topological polar surface area (TPSA) is 93.1 Å². The van der Waals surface area contributed by atoms with Crippen LogP contribution in [0.4, 0.5) is 0 Å². The number of aromatic nitrogens is 2. The molecule has 1 atom stereocenters. The maximum Gasteiger partial charge on any atom is 0.272 e. The maximum atomic E-state index is 11.7. The molecule has 3 amide bonds. The van der Waals surface area contributed by atoms with Crippen molar-refractivity contribution in [1.82, 2.24) is 20.2 Å². The van der Waals surface area contributed by atoms with Crippen LogP contribution in [-0.2, 0) is 16.6 Å². The Bertz CT molecular complexity index is 480. The van der Waals surface area contributed by atoms with Crippen molar-refractivity contribution < 1.29 is 14.4 Å². The molecule has 7 heteroatoms. The van der Waals surface area contributed by atoms with E-state index in [0.29, 0.717) is 6.42 Å². The predicted molar refractivity (Wildman–Crippen MR) is 56.8 cm³/mol. The molecule has 1 aliphatic rings. The van der Waals surface area contributed by atoms with Gasteiger partial charge in [-0.3, -0.25) is 19.7 Å². The van der Waals surface area contributed by atoms with Crippen LogP contribution in [-0.4, -0.2) is 33.3 Å². The Balaban J connectivity index is 1.99. The molecule has 1 fully saturated rings. The second kappa shape index (κ2) is 4.36. The Labute approximate surface area is 97.2 Å². The molecule has 0 radical (unpaired) electrons. The summed E-state index contributed by atoms with van der Waals surface area (Å²) in [6, 6.07) is -0.665. The number of imide groups is 1. The zero-order valence-electron chi connectivity index (χ0n) is 9.27. The molecule has 0 spiro atoms. The Morgan fingerprint density at radius 1 is 1.59 bits per heavy atom. The number of carbonyl (C=O) groups excluding carboxylic acids is 3. The van der Waals surface area contributed by atoms with Crippen LogP contribution in [0.3, 0.4) is 0 Å². The molecular weight excluding hydrogens is 224 g/mol. The van der Waals surface area contributed by atoms with E-state index in [4.69, 9.17) is 0 Å². The summed E-state index contributed by atoms with van der Waals surface area (Å²) in [6.07, 6.45) is 3.61. The van der Waals surface area contributed by atoms with Gasteiger partial charge in [0, 0.05) is 19.7 Å². The summed E-state index contributed by atoms with van der Waals surface area (Å²) in [5.74, 6) is -1.19. The Kier molecular flexibility index (Phi) is 2.90. The number of nitrogens with zero attached hydrogens (tertiary/aromatic N) is 2. The van der Waals surface area contributed by atoms with Crippen molar-refractivity contribution in [1.29, 1.82) is 0 Å². The molecule has 17 heavy (non-hydrogen) atoms. The molecule has 2 rings (SSSR count). The van der Waals surface area contributed by atoms with E-state index >= 15 is 0 Å². The van der Waals surface area contributed by atoms with Gasteiger partial charge < -0.3 is 9.88 Å². The van der Waals surface area contributed by atoms with Gasteiger partial charge >= 0.3 is 0 Å². The van der Waals surface area contributed by atoms with E-state index < -0.39 is 17.9 Å². The third-order valence-electron chi connectivity index (χ3n) is 2.48. The van der Waals surface area contributed by atoms with Crippen molar-refractivity contribution >= 4 is 17.7 Å². The van der Waals surface area contributed by atoms with Crippen LogP contribution < -0.4 is 10.6 Å². The van der Waals surface area contributed by atoms with Crippen LogP contribution in [0, 0.1) is 0 Å². The number of rotatable bonds is 2. The first kappa shape index (κ1) is 11.3. The van der Waals surface area contributed by atoms with Crippen LogP contribution in [0.25, 0.3) is 0 Å². The van der Waals surface area contributed by atoms with Gasteiger partial charge in [0.1, 0.15) is 11.7 Å². The molecule has 1 unspecified atom stereocenters. The lowest BCUT2D eigenvalue weighted by molar-refractivity contribution is -0.134. The fourth-order valence-corrected chi connectivity index (χ4v) is 1.59. The van der Waals surface area contributed by atoms with Gasteiger partial charge in [0.25, 0.3) is 5.91 Å². The number of amides is 3. The van der Waals surface area contributed by atoms with Gasteiger partial charge in [-0.25, -0.2) is 4.98 Å². The van der Waals surface area contributed by atoms with Crippen LogP contribution in [0.1, 0.15) is 23.3 Å². The Hall–Kier alpha value is -2.18. The van der Waals surface area contributed by atoms with Crippen molar-refractivity contribution in [2.75, 3.05) is 0 Å². The zero-order chi connectivity index (χ0) is 12.4. The lowest BCUT2D eigenvalue weighted by atomic mass is 10.1. The highest BCUT2D eigenvalue weighted by molar-refractivity contribution is 6.03. The minimum absolute atomic E-state index is 0.235. The molecule has 0 bridgehead atoms. The van der Waals surface area contributed by atoms with E-state index in [1.807, 2.05) is 0 Å². The lowest BCUT2D eigenvalue weighted by Gasteiger charge is -2.21. The highest BCUT2D eigenvalue weighted by Crippen LogP contribution is 2.05. The van der Waals surface area contributed by atoms with Gasteiger partial charge in [0.05, 0.1) is 6.33 Å². The highest BCUT2D eigenvalue weighted by Gasteiger charge is 2.28. The second-order valence-electron chi connectivity index (χ2n) is 3.90. The SMILES string of the molecule is Cn1cnc(C(=O)NC2CCC(=O)NC2=O)c1. The predicted octanol–water partition coefficient (Wildman–Crippen LogP) is -1.04. The van der Waals surface area contributed by atoms with Gasteiger partial charge in [0.15, 0.2) is 0 Å². The van der Waals surface area contributed by atoms with Crippen molar-refractivity contribution in [3.8, 4) is 0 Å². The average molecular weight is 236 g/mol. The van der Waals surface area contributed by atoms with Gasteiger partial charge in [-0.1, -0.05) is 0 Å². The fraction of sp³-hybridized carbons (Fsp3) is 0.400. The lowest BCUT2D eigenvalue weighted by Crippen LogP contribution is -2.52. The van der Waals surface area contributed by atoms with E-state index in [-0.39, 0.29) is 18.0 Å². The van der Waals surface area contributed by atoms with Crippen LogP contribution >= 0.6 is 0 Å². The summed E-state index contributed by atoms with van der Waals surface area (Å²) in [6.45, 7) is 0. The maximum absolute atomic E-state index is 11.7. The molecule has 1 saturated heterocycles. The second-order valence-corrected chi connectivity index (χ2v) is 3.90. The van der Waals surface area contributed by atoms with Crippen molar-refractivity contribution in [2.45, 2.75) is 18.9 Å². The molecule has 7 nitrogen and oxygen atoms in total. The third kappa shape index (κ3) is 2.49. The number of aryl methyl sites for hydroxylation is 1. The minimum atomic E-state index is -0.665. The van der Waals surface area contributed by atoms with Gasteiger partial charge in [-0.2, -0.15) is 0 Å². The standard InChI is InChI=1S/C10H12N4O3/c1-14-4-7(11-5-14)10(17)12-6-2-3-8(15)13-9(6)16/h4-6H,2-3H2,1H3,(H,12,17)(H,13,15,16). The largest absolute Gasteiger partial charge is 0.340 e. The third-order valence-corrected chi connectivity index (χ3v) is 2.48. The number of hydrogen-bond donors (Lipinski definition) is 2. The number of piperidine rings is 1. The first-order valence-corrected chi connectivity index (χ1v) is 5.19. The molecule has 1 aliphatic heterocycles. The van der Waals surface area contributed by atoms with Gasteiger partial charge in [-0.15, -0.1) is 0 Å². The molecule has 2 N–H and O–H groups in total. The van der Waals surface area contributed by atoms with E-state index in [2.05, 4.69) is 15.6 Å². The number of imidazole rings is 1. The van der Waals surface area contributed by atoms with E-state index in [9.17, 15) is 14.4 Å². The number of hydrogen-bond acceptors (Lipinski definition) is 4. The molecule has 1 aromatic heterocycles. The minimum Gasteiger partial charge on any atom is -0.340 e. The van der Waals surface area contributed by atoms with Crippen molar-refractivity contribution in [3.05, 3.63) is 18.2 Å². The summed E-state index contributed by atoms with van der Waals surface area (Å²) in [7, 11) is 1.75. The number of nitrogens with one attached hydrogen (secondary N) is 2. The summed E-state index contributed by atoms with van der Waals surface area (Å²) >= 11 is 0. The van der Waals surface area contributed by atoms with Gasteiger partial charge in [-0.05, 0) is 6.42 Å². The Morgan fingerprint density at radius 2 is 2.35 bits per heavy atom. The summed E-state index contributed by atoms with van der Waals surface area (Å²) < 4.78 is 1.64. The van der Waals surface area contributed by atoms with E-state index in [0.717, 1.165) is 0 Å².